The van der Waals surface area contributed by atoms with Crippen LogP contribution < -0.4 is 11.0 Å². The third-order valence-corrected chi connectivity index (χ3v) is 4.80. The monoisotopic (exact) mass is 287 g/mol. The molecule has 0 spiro atoms. The van der Waals surface area contributed by atoms with Crippen LogP contribution in [0, 0.1) is 11.8 Å². The molecule has 1 saturated carbocycles. The van der Waals surface area contributed by atoms with E-state index in [1.807, 2.05) is 6.07 Å². The number of hydrogen-bond donors (Lipinski definition) is 3. The molecule has 1 aromatic carbocycles. The molecule has 4 heteroatoms. The third-order valence-electron chi connectivity index (χ3n) is 4.80. The van der Waals surface area contributed by atoms with Gasteiger partial charge in [-0.25, -0.2) is 4.79 Å². The van der Waals surface area contributed by atoms with Crippen LogP contribution in [0.4, 0.5) is 0 Å². The van der Waals surface area contributed by atoms with E-state index in [4.69, 9.17) is 0 Å². The summed E-state index contributed by atoms with van der Waals surface area (Å²) in [6, 6.07) is 6.44. The zero-order valence-electron chi connectivity index (χ0n) is 12.9. The molecule has 3 rings (SSSR count). The number of H-pyrrole nitrogens is 2. The molecule has 4 nitrogen and oxygen atoms in total. The lowest BCUT2D eigenvalue weighted by molar-refractivity contribution is 0.268. The Balaban J connectivity index is 1.63. The third kappa shape index (κ3) is 3.38. The number of benzene rings is 1. The van der Waals surface area contributed by atoms with Gasteiger partial charge >= 0.3 is 5.69 Å². The Bertz CT molecular complexity index is 657. The molecule has 3 N–H and O–H groups in total. The Morgan fingerprint density at radius 2 is 2.10 bits per heavy atom. The molecular weight excluding hydrogens is 262 g/mol. The molecule has 2 aromatic rings. The summed E-state index contributed by atoms with van der Waals surface area (Å²) < 4.78 is 0. The first kappa shape index (κ1) is 14.4. The first-order chi connectivity index (χ1) is 10.1. The molecule has 1 fully saturated rings. The Hall–Kier alpha value is -1.55. The molecule has 0 aliphatic heterocycles. The predicted octanol–water partition coefficient (Wildman–Crippen LogP) is 3.33. The summed E-state index contributed by atoms with van der Waals surface area (Å²) in [4.78, 5) is 16.9. The zero-order valence-corrected chi connectivity index (χ0v) is 12.9. The van der Waals surface area contributed by atoms with Gasteiger partial charge in [0.05, 0.1) is 11.0 Å². The largest absolute Gasteiger partial charge is 0.323 e. The van der Waals surface area contributed by atoms with Gasteiger partial charge in [-0.2, -0.15) is 0 Å². The number of hydrogen-bond acceptors (Lipinski definition) is 2. The van der Waals surface area contributed by atoms with Crippen LogP contribution in [0.5, 0.6) is 0 Å². The second-order valence-electron chi connectivity index (χ2n) is 6.65. The van der Waals surface area contributed by atoms with E-state index < -0.39 is 0 Å². The highest BCUT2D eigenvalue weighted by Crippen LogP contribution is 2.28. The predicted molar refractivity (Wildman–Crippen MR) is 86.5 cm³/mol. The number of aromatic amines is 2. The molecule has 1 aliphatic rings. The molecule has 114 valence electrons. The van der Waals surface area contributed by atoms with Gasteiger partial charge in [-0.15, -0.1) is 0 Å². The van der Waals surface area contributed by atoms with E-state index >= 15 is 0 Å². The van der Waals surface area contributed by atoms with Crippen molar-refractivity contribution < 1.29 is 0 Å². The summed E-state index contributed by atoms with van der Waals surface area (Å²) in [5, 5.41) is 3.66. The van der Waals surface area contributed by atoms with E-state index in [0.29, 0.717) is 6.04 Å². The van der Waals surface area contributed by atoms with Gasteiger partial charge in [0.2, 0.25) is 0 Å². The molecule has 0 saturated heterocycles. The van der Waals surface area contributed by atoms with Crippen molar-refractivity contribution in [2.24, 2.45) is 11.8 Å². The van der Waals surface area contributed by atoms with E-state index in [1.54, 1.807) is 0 Å². The maximum Gasteiger partial charge on any atom is 0.323 e. The van der Waals surface area contributed by atoms with Gasteiger partial charge in [-0.3, -0.25) is 0 Å². The highest BCUT2D eigenvalue weighted by molar-refractivity contribution is 5.75. The molecule has 1 aromatic heterocycles. The summed E-state index contributed by atoms with van der Waals surface area (Å²) in [7, 11) is 0. The Labute approximate surface area is 125 Å². The summed E-state index contributed by atoms with van der Waals surface area (Å²) in [5.41, 5.74) is 2.84. The minimum atomic E-state index is -0.140. The quantitative estimate of drug-likeness (QED) is 0.807. The highest BCUT2D eigenvalue weighted by atomic mass is 16.1. The van der Waals surface area contributed by atoms with Crippen LogP contribution in [0.25, 0.3) is 11.0 Å². The first-order valence-electron chi connectivity index (χ1n) is 8.07. The van der Waals surface area contributed by atoms with Gasteiger partial charge in [0, 0.05) is 6.04 Å². The van der Waals surface area contributed by atoms with Gasteiger partial charge in [0.25, 0.3) is 0 Å². The lowest BCUT2D eigenvalue weighted by Gasteiger charge is -2.28. The summed E-state index contributed by atoms with van der Waals surface area (Å²) in [6.07, 6.45) is 5.47. The molecule has 0 amide bonds. The number of imidazole rings is 1. The van der Waals surface area contributed by atoms with Crippen molar-refractivity contribution in [1.82, 2.24) is 15.3 Å². The fraction of sp³-hybridized carbons (Fsp3) is 0.588. The van der Waals surface area contributed by atoms with Crippen LogP contribution in [-0.4, -0.2) is 16.5 Å². The minimum absolute atomic E-state index is 0.140. The van der Waals surface area contributed by atoms with Crippen molar-refractivity contribution >= 4 is 11.0 Å². The van der Waals surface area contributed by atoms with E-state index in [1.165, 1.54) is 31.2 Å². The average Bonchev–Trinajstić information content (AvgIpc) is 2.84. The smallest absolute Gasteiger partial charge is 0.310 e. The number of fused-ring (bicyclic) bond motifs is 1. The molecule has 0 radical (unpaired) electrons. The molecular formula is C17H25N3O. The Morgan fingerprint density at radius 1 is 1.29 bits per heavy atom. The Morgan fingerprint density at radius 3 is 2.90 bits per heavy atom. The molecule has 1 heterocycles. The average molecular weight is 287 g/mol. The van der Waals surface area contributed by atoms with Gasteiger partial charge in [-0.05, 0) is 55.8 Å². The maximum atomic E-state index is 11.3. The van der Waals surface area contributed by atoms with Crippen LogP contribution in [0.15, 0.2) is 23.0 Å². The van der Waals surface area contributed by atoms with Crippen LogP contribution in [0.3, 0.4) is 0 Å². The van der Waals surface area contributed by atoms with Crippen molar-refractivity contribution in [3.63, 3.8) is 0 Å². The van der Waals surface area contributed by atoms with Crippen molar-refractivity contribution in [1.29, 1.82) is 0 Å². The highest BCUT2D eigenvalue weighted by Gasteiger charge is 2.19. The molecule has 3 unspecified atom stereocenters. The zero-order chi connectivity index (χ0) is 14.8. The van der Waals surface area contributed by atoms with Gasteiger partial charge in [-0.1, -0.05) is 25.8 Å². The van der Waals surface area contributed by atoms with Crippen molar-refractivity contribution in [2.45, 2.75) is 45.6 Å². The van der Waals surface area contributed by atoms with E-state index in [9.17, 15) is 4.79 Å². The number of rotatable bonds is 4. The molecule has 0 bridgehead atoms. The fourth-order valence-corrected chi connectivity index (χ4v) is 3.53. The Kier molecular flexibility index (Phi) is 4.15. The lowest BCUT2D eigenvalue weighted by Crippen LogP contribution is -2.28. The van der Waals surface area contributed by atoms with E-state index in [-0.39, 0.29) is 5.69 Å². The van der Waals surface area contributed by atoms with Gasteiger partial charge < -0.3 is 15.3 Å². The van der Waals surface area contributed by atoms with Crippen LogP contribution >= 0.6 is 0 Å². The summed E-state index contributed by atoms with van der Waals surface area (Å²) in [5.74, 6) is 1.69. The van der Waals surface area contributed by atoms with Gasteiger partial charge in [0.1, 0.15) is 0 Å². The molecule has 21 heavy (non-hydrogen) atoms. The fourth-order valence-electron chi connectivity index (χ4n) is 3.53. The van der Waals surface area contributed by atoms with Crippen molar-refractivity contribution in [2.75, 3.05) is 6.54 Å². The molecule has 1 aliphatic carbocycles. The van der Waals surface area contributed by atoms with E-state index in [2.05, 4.69) is 41.3 Å². The van der Waals surface area contributed by atoms with Gasteiger partial charge in [0.15, 0.2) is 0 Å². The standard InChI is InChI=1S/C17H25N3O/c1-11-4-3-5-13(8-11)10-18-12(2)14-6-7-15-16(9-14)20-17(21)19-15/h6-7,9,11-13,18H,3-5,8,10H2,1-2H3,(H2,19,20,21). The summed E-state index contributed by atoms with van der Waals surface area (Å²) >= 11 is 0. The first-order valence-corrected chi connectivity index (χ1v) is 8.07. The maximum absolute atomic E-state index is 11.3. The second-order valence-corrected chi connectivity index (χ2v) is 6.65. The number of aromatic nitrogens is 2. The summed E-state index contributed by atoms with van der Waals surface area (Å²) in [6.45, 7) is 5.65. The topological polar surface area (TPSA) is 60.7 Å². The minimum Gasteiger partial charge on any atom is -0.310 e. The normalized spacial score (nSPS) is 24.3. The second kappa shape index (κ2) is 6.06. The van der Waals surface area contributed by atoms with Crippen molar-refractivity contribution in [3.05, 3.63) is 34.2 Å². The van der Waals surface area contributed by atoms with E-state index in [0.717, 1.165) is 29.4 Å². The number of nitrogens with one attached hydrogen (secondary N) is 3. The SMILES string of the molecule is CC1CCCC(CNC(C)c2ccc3[nH]c(=O)[nH]c3c2)C1. The van der Waals surface area contributed by atoms with Crippen LogP contribution in [0.2, 0.25) is 0 Å². The molecule has 3 atom stereocenters. The van der Waals surface area contributed by atoms with Crippen LogP contribution in [-0.2, 0) is 0 Å². The lowest BCUT2D eigenvalue weighted by atomic mass is 9.82. The van der Waals surface area contributed by atoms with Crippen molar-refractivity contribution in [3.8, 4) is 0 Å². The van der Waals surface area contributed by atoms with Crippen LogP contribution in [0.1, 0.15) is 51.1 Å².